The summed E-state index contributed by atoms with van der Waals surface area (Å²) in [5, 5.41) is 72.1. The van der Waals surface area contributed by atoms with Crippen molar-refractivity contribution in [2.24, 2.45) is 0 Å². The van der Waals surface area contributed by atoms with Gasteiger partial charge in [-0.25, -0.2) is 0 Å². The Bertz CT molecular complexity index is 1280. The molecule has 0 amide bonds. The summed E-state index contributed by atoms with van der Waals surface area (Å²) >= 11 is 0. The maximum absolute atomic E-state index is 13.0. The van der Waals surface area contributed by atoms with Gasteiger partial charge in [0, 0.05) is 13.0 Å². The van der Waals surface area contributed by atoms with Crippen molar-refractivity contribution >= 4 is 5.97 Å². The third-order valence-corrected chi connectivity index (χ3v) is 12.1. The van der Waals surface area contributed by atoms with E-state index in [1.807, 2.05) is 0 Å². The van der Waals surface area contributed by atoms with Crippen LogP contribution in [0.5, 0.6) is 0 Å². The molecule has 66 heavy (non-hydrogen) atoms. The van der Waals surface area contributed by atoms with Gasteiger partial charge in [0.25, 0.3) is 0 Å². The molecule has 0 aromatic heterocycles. The lowest BCUT2D eigenvalue weighted by atomic mass is 9.98. The molecule has 2 heterocycles. The number of rotatable bonds is 40. The van der Waals surface area contributed by atoms with Gasteiger partial charge in [0.2, 0.25) is 0 Å². The van der Waals surface area contributed by atoms with Crippen molar-refractivity contribution in [2.75, 3.05) is 33.0 Å². The maximum Gasteiger partial charge on any atom is 0.306 e. The Morgan fingerprint density at radius 3 is 1.48 bits per heavy atom. The van der Waals surface area contributed by atoms with Crippen LogP contribution < -0.4 is 0 Å². The smallest absolute Gasteiger partial charge is 0.306 e. The van der Waals surface area contributed by atoms with Gasteiger partial charge in [-0.2, -0.15) is 0 Å². The van der Waals surface area contributed by atoms with Gasteiger partial charge in [-0.15, -0.1) is 0 Å². The van der Waals surface area contributed by atoms with Crippen LogP contribution in [0.15, 0.2) is 48.6 Å². The molecule has 0 radical (unpaired) electrons. The van der Waals surface area contributed by atoms with Crippen LogP contribution in [0, 0.1) is 0 Å². The van der Waals surface area contributed by atoms with E-state index in [0.29, 0.717) is 13.0 Å². The molecule has 14 nitrogen and oxygen atoms in total. The molecule has 11 unspecified atom stereocenters. The lowest BCUT2D eigenvalue weighted by Gasteiger charge is -2.42. The van der Waals surface area contributed by atoms with Crippen LogP contribution >= 0.6 is 0 Å². The average Bonchev–Trinajstić information content (AvgIpc) is 3.31. The number of carbonyl (C=O) groups excluding carboxylic acids is 1. The van der Waals surface area contributed by atoms with E-state index in [9.17, 15) is 40.5 Å². The molecule has 0 spiro atoms. The molecular formula is C52H92O14. The van der Waals surface area contributed by atoms with E-state index in [1.165, 1.54) is 89.9 Å². The first-order chi connectivity index (χ1) is 32.1. The maximum atomic E-state index is 13.0. The zero-order chi connectivity index (χ0) is 48.0. The highest BCUT2D eigenvalue weighted by molar-refractivity contribution is 5.69. The molecule has 0 aliphatic carbocycles. The Labute approximate surface area is 397 Å². The molecule has 2 saturated heterocycles. The van der Waals surface area contributed by atoms with Crippen molar-refractivity contribution in [1.29, 1.82) is 0 Å². The fourth-order valence-corrected chi connectivity index (χ4v) is 7.94. The molecule has 14 heteroatoms. The third-order valence-electron chi connectivity index (χ3n) is 12.1. The van der Waals surface area contributed by atoms with Gasteiger partial charge in [0.15, 0.2) is 12.6 Å². The quantitative estimate of drug-likeness (QED) is 0.0179. The van der Waals surface area contributed by atoms with E-state index >= 15 is 0 Å². The van der Waals surface area contributed by atoms with Gasteiger partial charge in [-0.3, -0.25) is 4.79 Å². The van der Waals surface area contributed by atoms with Crippen molar-refractivity contribution in [3.63, 3.8) is 0 Å². The van der Waals surface area contributed by atoms with Gasteiger partial charge >= 0.3 is 5.97 Å². The van der Waals surface area contributed by atoms with Crippen molar-refractivity contribution in [3.8, 4) is 0 Å². The molecular weight excluding hydrogens is 849 g/mol. The van der Waals surface area contributed by atoms with Crippen LogP contribution in [0.25, 0.3) is 0 Å². The number of esters is 1. The van der Waals surface area contributed by atoms with Gasteiger partial charge in [-0.05, 0) is 44.9 Å². The highest BCUT2D eigenvalue weighted by Crippen LogP contribution is 2.26. The zero-order valence-corrected chi connectivity index (χ0v) is 40.7. The standard InChI is InChI=1S/C52H92O14/c1-3-5-7-9-11-13-15-17-19-20-21-22-23-25-27-29-31-33-35-44(54)64-41(38-61-36-34-32-30-28-26-24-18-16-14-12-10-8-6-4-2)39-62-51-50(60)48(58)46(56)43(66-51)40-63-52-49(59)47(57)45(55)42(37-53)65-52/h6,8,12,14,18,24,28,30,41-43,45-53,55-60H,3-5,7,9-11,13,15-17,19-23,25-27,29,31-40H2,1-2H3/b8-6-,14-12-,24-18-,30-28-. The SMILES string of the molecule is CC/C=C\C/C=C\C/C=C\C/C=C\CCCOCC(COC1OC(COC2OC(CO)C(O)C(O)C2O)C(O)C(O)C1O)OC(=O)CCCCCCCCCCCCCCCCCCCC. The summed E-state index contributed by atoms with van der Waals surface area (Å²) in [6.07, 6.45) is 29.0. The molecule has 0 aromatic rings. The number of aliphatic hydroxyl groups is 7. The van der Waals surface area contributed by atoms with Crippen LogP contribution in [-0.4, -0.2) is 142 Å². The predicted molar refractivity (Wildman–Crippen MR) is 256 cm³/mol. The summed E-state index contributed by atoms with van der Waals surface area (Å²) in [6.45, 7) is 3.43. The van der Waals surface area contributed by atoms with Crippen LogP contribution in [-0.2, 0) is 33.2 Å². The molecule has 7 N–H and O–H groups in total. The third kappa shape index (κ3) is 27.2. The monoisotopic (exact) mass is 941 g/mol. The Morgan fingerprint density at radius 2 is 0.970 bits per heavy atom. The fraction of sp³-hybridized carbons (Fsp3) is 0.827. The average molecular weight is 941 g/mol. The second kappa shape index (κ2) is 39.8. The van der Waals surface area contributed by atoms with Gasteiger partial charge < -0.3 is 64.2 Å². The Balaban J connectivity index is 1.78. The van der Waals surface area contributed by atoms with E-state index < -0.39 is 86.7 Å². The summed E-state index contributed by atoms with van der Waals surface area (Å²) in [6, 6.07) is 0. The first-order valence-corrected chi connectivity index (χ1v) is 25.7. The molecule has 2 fully saturated rings. The number of hydrogen-bond acceptors (Lipinski definition) is 14. The number of aliphatic hydroxyl groups excluding tert-OH is 7. The minimum atomic E-state index is -1.72. The highest BCUT2D eigenvalue weighted by Gasteiger charge is 2.47. The van der Waals surface area contributed by atoms with Crippen molar-refractivity contribution in [2.45, 2.75) is 242 Å². The van der Waals surface area contributed by atoms with E-state index in [0.717, 1.165) is 57.8 Å². The van der Waals surface area contributed by atoms with E-state index in [4.69, 9.17) is 28.4 Å². The second-order valence-corrected chi connectivity index (χ2v) is 18.0. The van der Waals surface area contributed by atoms with E-state index in [2.05, 4.69) is 62.5 Å². The Kier molecular flexibility index (Phi) is 36.2. The van der Waals surface area contributed by atoms with Crippen LogP contribution in [0.2, 0.25) is 0 Å². The lowest BCUT2D eigenvalue weighted by Crippen LogP contribution is -2.61. The summed E-state index contributed by atoms with van der Waals surface area (Å²) < 4.78 is 34.2. The van der Waals surface area contributed by atoms with Crippen molar-refractivity contribution in [1.82, 2.24) is 0 Å². The molecule has 0 aromatic carbocycles. The summed E-state index contributed by atoms with van der Waals surface area (Å²) in [5.41, 5.74) is 0. The van der Waals surface area contributed by atoms with Crippen molar-refractivity contribution in [3.05, 3.63) is 48.6 Å². The number of hydrogen-bond donors (Lipinski definition) is 7. The second-order valence-electron chi connectivity index (χ2n) is 18.0. The van der Waals surface area contributed by atoms with Crippen molar-refractivity contribution < 1.29 is 69.0 Å². The lowest BCUT2D eigenvalue weighted by molar-refractivity contribution is -0.332. The van der Waals surface area contributed by atoms with E-state index in [1.54, 1.807) is 0 Å². The molecule has 11 atom stereocenters. The predicted octanol–water partition coefficient (Wildman–Crippen LogP) is 7.57. The molecule has 2 aliphatic rings. The fourth-order valence-electron chi connectivity index (χ4n) is 7.94. The normalized spacial score (nSPS) is 26.7. The Morgan fingerprint density at radius 1 is 0.515 bits per heavy atom. The summed E-state index contributed by atoms with van der Waals surface area (Å²) in [5.74, 6) is -0.394. The van der Waals surface area contributed by atoms with Gasteiger partial charge in [-0.1, -0.05) is 172 Å². The van der Waals surface area contributed by atoms with Crippen LogP contribution in [0.1, 0.15) is 174 Å². The first kappa shape index (κ1) is 60.1. The molecule has 2 rings (SSSR count). The minimum absolute atomic E-state index is 0.0245. The largest absolute Gasteiger partial charge is 0.457 e. The van der Waals surface area contributed by atoms with Crippen LogP contribution in [0.4, 0.5) is 0 Å². The highest BCUT2D eigenvalue weighted by atomic mass is 16.7. The van der Waals surface area contributed by atoms with Crippen LogP contribution in [0.3, 0.4) is 0 Å². The topological polar surface area (TPSA) is 214 Å². The first-order valence-electron chi connectivity index (χ1n) is 25.7. The molecule has 384 valence electrons. The Hall–Kier alpha value is -2.05. The molecule has 0 saturated carbocycles. The van der Waals surface area contributed by atoms with Gasteiger partial charge in [0.05, 0.1) is 26.4 Å². The number of allylic oxidation sites excluding steroid dienone is 8. The minimum Gasteiger partial charge on any atom is -0.457 e. The summed E-state index contributed by atoms with van der Waals surface area (Å²) in [4.78, 5) is 13.0. The number of ether oxygens (including phenoxy) is 6. The summed E-state index contributed by atoms with van der Waals surface area (Å²) in [7, 11) is 0. The molecule has 2 aliphatic heterocycles. The van der Waals surface area contributed by atoms with Gasteiger partial charge in [0.1, 0.15) is 54.9 Å². The number of carbonyl (C=O) groups is 1. The zero-order valence-electron chi connectivity index (χ0n) is 40.7. The molecule has 0 bridgehead atoms. The van der Waals surface area contributed by atoms with E-state index in [-0.39, 0.29) is 19.6 Å². The number of unbranched alkanes of at least 4 members (excludes halogenated alkanes) is 18.